The molecule has 0 fully saturated rings. The number of carbonyl (C=O) groups is 2. The molecule has 4 nitrogen and oxygen atoms in total. The van der Waals surface area contributed by atoms with E-state index >= 15 is 0 Å². The summed E-state index contributed by atoms with van der Waals surface area (Å²) in [5, 5.41) is 2.80. The molecule has 0 aliphatic carbocycles. The molecule has 0 radical (unpaired) electrons. The number of nitrogens with zero attached hydrogens (tertiary/aromatic N) is 1. The van der Waals surface area contributed by atoms with Gasteiger partial charge in [0.15, 0.2) is 5.78 Å². The van der Waals surface area contributed by atoms with Crippen LogP contribution in [0.3, 0.4) is 0 Å². The zero-order valence-corrected chi connectivity index (χ0v) is 11.7. The molecule has 0 saturated heterocycles. The summed E-state index contributed by atoms with van der Waals surface area (Å²) in [6.45, 7) is 10.3. The molecule has 102 valence electrons. The Morgan fingerprint density at radius 1 is 1.21 bits per heavy atom. The number of benzene rings is 1. The summed E-state index contributed by atoms with van der Waals surface area (Å²) in [4.78, 5) is 24.8. The third-order valence-corrected chi connectivity index (χ3v) is 2.67. The fourth-order valence-corrected chi connectivity index (χ4v) is 1.64. The lowest BCUT2D eigenvalue weighted by Gasteiger charge is -2.21. The number of anilines is 1. The van der Waals surface area contributed by atoms with E-state index in [1.54, 1.807) is 29.2 Å². The maximum atomic E-state index is 12.0. The number of rotatable bonds is 5. The summed E-state index contributed by atoms with van der Waals surface area (Å²) in [6.07, 6.45) is 0. The van der Waals surface area contributed by atoms with Gasteiger partial charge in [-0.2, -0.15) is 0 Å². The molecular formula is C15H20N2O2. The van der Waals surface area contributed by atoms with E-state index in [1.807, 2.05) is 13.8 Å². The van der Waals surface area contributed by atoms with Crippen LogP contribution < -0.4 is 5.32 Å². The predicted molar refractivity (Wildman–Crippen MR) is 77.5 cm³/mol. The van der Waals surface area contributed by atoms with Crippen LogP contribution in [0.4, 0.5) is 10.5 Å². The Morgan fingerprint density at radius 3 is 2.21 bits per heavy atom. The summed E-state index contributed by atoms with van der Waals surface area (Å²) in [5.74, 6) is 0.00958. The van der Waals surface area contributed by atoms with E-state index in [9.17, 15) is 9.59 Å². The maximum Gasteiger partial charge on any atom is 0.322 e. The molecule has 0 aromatic heterocycles. The Morgan fingerprint density at radius 2 is 1.79 bits per heavy atom. The number of ketones is 1. The van der Waals surface area contributed by atoms with Crippen LogP contribution in [-0.4, -0.2) is 29.8 Å². The van der Waals surface area contributed by atoms with E-state index in [-0.39, 0.29) is 11.8 Å². The summed E-state index contributed by atoms with van der Waals surface area (Å²) >= 11 is 0. The van der Waals surface area contributed by atoms with E-state index in [1.165, 1.54) is 6.92 Å². The van der Waals surface area contributed by atoms with Crippen molar-refractivity contribution in [2.24, 2.45) is 0 Å². The standard InChI is InChI=1S/C15H20N2O2/c1-5-17(10-11(2)3)15(19)16-14-8-6-13(7-9-14)12(4)18/h6-9H,2,5,10H2,1,3-4H3,(H,16,19). The minimum atomic E-state index is -0.166. The van der Waals surface area contributed by atoms with Gasteiger partial charge in [0.2, 0.25) is 0 Å². The Labute approximate surface area is 114 Å². The van der Waals surface area contributed by atoms with E-state index in [0.717, 1.165) is 5.57 Å². The highest BCUT2D eigenvalue weighted by atomic mass is 16.2. The molecule has 0 spiro atoms. The quantitative estimate of drug-likeness (QED) is 0.652. The van der Waals surface area contributed by atoms with Gasteiger partial charge >= 0.3 is 6.03 Å². The molecule has 19 heavy (non-hydrogen) atoms. The Balaban J connectivity index is 2.70. The second-order valence-electron chi connectivity index (χ2n) is 4.53. The van der Waals surface area contributed by atoms with Gasteiger partial charge in [0.25, 0.3) is 0 Å². The van der Waals surface area contributed by atoms with Crippen LogP contribution in [0.25, 0.3) is 0 Å². The topological polar surface area (TPSA) is 49.4 Å². The summed E-state index contributed by atoms with van der Waals surface area (Å²) < 4.78 is 0. The molecule has 4 heteroatoms. The third-order valence-electron chi connectivity index (χ3n) is 2.67. The molecule has 0 aliphatic rings. The van der Waals surface area contributed by atoms with Gasteiger partial charge in [-0.1, -0.05) is 12.2 Å². The number of urea groups is 1. The van der Waals surface area contributed by atoms with Crippen molar-refractivity contribution < 1.29 is 9.59 Å². The minimum absolute atomic E-state index is 0.00958. The Kier molecular flexibility index (Phi) is 5.30. The average Bonchev–Trinajstić information content (AvgIpc) is 2.36. The van der Waals surface area contributed by atoms with Crippen LogP contribution in [0.1, 0.15) is 31.1 Å². The Hall–Kier alpha value is -2.10. The zero-order valence-electron chi connectivity index (χ0n) is 11.7. The van der Waals surface area contributed by atoms with Gasteiger partial charge in [-0.15, -0.1) is 0 Å². The SMILES string of the molecule is C=C(C)CN(CC)C(=O)Nc1ccc(C(C)=O)cc1. The highest BCUT2D eigenvalue weighted by molar-refractivity contribution is 5.95. The first-order chi connectivity index (χ1) is 8.93. The Bertz CT molecular complexity index is 477. The largest absolute Gasteiger partial charge is 0.322 e. The predicted octanol–water partition coefficient (Wildman–Crippen LogP) is 3.32. The first-order valence-corrected chi connectivity index (χ1v) is 6.25. The van der Waals surface area contributed by atoms with Crippen LogP contribution in [0, 0.1) is 0 Å². The van der Waals surface area contributed by atoms with Crippen LogP contribution in [-0.2, 0) is 0 Å². The lowest BCUT2D eigenvalue weighted by atomic mass is 10.1. The highest BCUT2D eigenvalue weighted by Gasteiger charge is 2.11. The zero-order chi connectivity index (χ0) is 14.4. The maximum absolute atomic E-state index is 12.0. The number of Topliss-reactive ketones (excluding diaryl/α,β-unsaturated/α-hetero) is 1. The number of carbonyl (C=O) groups excluding carboxylic acids is 2. The number of amides is 2. The van der Waals surface area contributed by atoms with Crippen LogP contribution >= 0.6 is 0 Å². The fourth-order valence-electron chi connectivity index (χ4n) is 1.64. The molecule has 0 heterocycles. The summed E-state index contributed by atoms with van der Waals surface area (Å²) in [7, 11) is 0. The van der Waals surface area contributed by atoms with E-state index in [2.05, 4.69) is 11.9 Å². The molecule has 0 atom stereocenters. The first kappa shape index (κ1) is 15.0. The summed E-state index contributed by atoms with van der Waals surface area (Å²) in [6, 6.07) is 6.69. The second kappa shape index (κ2) is 6.73. The van der Waals surface area contributed by atoms with E-state index in [4.69, 9.17) is 0 Å². The molecule has 1 N–H and O–H groups in total. The number of hydrogen-bond acceptors (Lipinski definition) is 2. The molecule has 1 rings (SSSR count). The van der Waals surface area contributed by atoms with Crippen molar-refractivity contribution in [3.05, 3.63) is 42.0 Å². The van der Waals surface area contributed by atoms with Crippen molar-refractivity contribution in [2.45, 2.75) is 20.8 Å². The van der Waals surface area contributed by atoms with Crippen molar-refractivity contribution >= 4 is 17.5 Å². The first-order valence-electron chi connectivity index (χ1n) is 6.25. The summed E-state index contributed by atoms with van der Waals surface area (Å²) in [5.41, 5.74) is 2.24. The number of hydrogen-bond donors (Lipinski definition) is 1. The monoisotopic (exact) mass is 260 g/mol. The van der Waals surface area contributed by atoms with Crippen LogP contribution in [0.15, 0.2) is 36.4 Å². The van der Waals surface area contributed by atoms with Crippen molar-refractivity contribution in [3.63, 3.8) is 0 Å². The number of nitrogens with one attached hydrogen (secondary N) is 1. The fraction of sp³-hybridized carbons (Fsp3) is 0.333. The molecular weight excluding hydrogens is 240 g/mol. The van der Waals surface area contributed by atoms with Gasteiger partial charge in [-0.3, -0.25) is 4.79 Å². The molecule has 0 bridgehead atoms. The molecule has 0 unspecified atom stereocenters. The van der Waals surface area contributed by atoms with E-state index < -0.39 is 0 Å². The lowest BCUT2D eigenvalue weighted by Crippen LogP contribution is -2.35. The highest BCUT2D eigenvalue weighted by Crippen LogP contribution is 2.11. The number of likely N-dealkylation sites (N-methyl/N-ethyl adjacent to an activating group) is 1. The van der Waals surface area contributed by atoms with Gasteiger partial charge in [0.1, 0.15) is 0 Å². The molecule has 1 aromatic carbocycles. The molecule has 0 aliphatic heterocycles. The van der Waals surface area contributed by atoms with Crippen molar-refractivity contribution in [1.29, 1.82) is 0 Å². The van der Waals surface area contributed by atoms with Crippen molar-refractivity contribution in [2.75, 3.05) is 18.4 Å². The lowest BCUT2D eigenvalue weighted by molar-refractivity contribution is 0.101. The van der Waals surface area contributed by atoms with Gasteiger partial charge < -0.3 is 10.2 Å². The minimum Gasteiger partial charge on any atom is -0.321 e. The average molecular weight is 260 g/mol. The second-order valence-corrected chi connectivity index (χ2v) is 4.53. The van der Waals surface area contributed by atoms with Crippen LogP contribution in [0.2, 0.25) is 0 Å². The van der Waals surface area contributed by atoms with Gasteiger partial charge in [0.05, 0.1) is 0 Å². The van der Waals surface area contributed by atoms with Gasteiger partial charge in [-0.05, 0) is 45.0 Å². The molecule has 2 amide bonds. The van der Waals surface area contributed by atoms with Crippen molar-refractivity contribution in [3.8, 4) is 0 Å². The van der Waals surface area contributed by atoms with Gasteiger partial charge in [0, 0.05) is 24.3 Å². The van der Waals surface area contributed by atoms with Crippen molar-refractivity contribution in [1.82, 2.24) is 4.90 Å². The third kappa shape index (κ3) is 4.58. The molecule has 1 aromatic rings. The smallest absolute Gasteiger partial charge is 0.321 e. The van der Waals surface area contributed by atoms with E-state index in [0.29, 0.717) is 24.3 Å². The normalized spacial score (nSPS) is 9.84. The molecule has 0 saturated carbocycles. The van der Waals surface area contributed by atoms with Gasteiger partial charge in [-0.25, -0.2) is 4.79 Å². The van der Waals surface area contributed by atoms with Crippen LogP contribution in [0.5, 0.6) is 0 Å².